The van der Waals surface area contributed by atoms with E-state index < -0.39 is 29.0 Å². The van der Waals surface area contributed by atoms with Gasteiger partial charge in [0.05, 0.1) is 0 Å². The third kappa shape index (κ3) is 3.69. The van der Waals surface area contributed by atoms with Crippen molar-refractivity contribution in [2.24, 2.45) is 5.92 Å². The maximum absolute atomic E-state index is 11.4. The molecule has 3 atom stereocenters. The van der Waals surface area contributed by atoms with Crippen LogP contribution in [0.3, 0.4) is 0 Å². The summed E-state index contributed by atoms with van der Waals surface area (Å²) in [5.74, 6) is -1.73. The molecule has 0 aromatic carbocycles. The number of hydrogen-bond donors (Lipinski definition) is 1. The van der Waals surface area contributed by atoms with Crippen molar-refractivity contribution in [3.05, 3.63) is 10.1 Å². The minimum atomic E-state index is -0.901. The number of nitrogens with one attached hydrogen (secondary N) is 1. The molecule has 0 heterocycles. The molecule has 1 rings (SSSR count). The first-order valence-electron chi connectivity index (χ1n) is 5.59. The first-order chi connectivity index (χ1) is 7.97. The fourth-order valence-electron chi connectivity index (χ4n) is 1.37. The topological polar surface area (TPSA) is 98.5 Å². The van der Waals surface area contributed by atoms with Crippen LogP contribution in [-0.2, 0) is 14.3 Å². The highest BCUT2D eigenvalue weighted by Gasteiger charge is 2.55. The zero-order valence-corrected chi connectivity index (χ0v) is 9.84. The molecule has 0 spiro atoms. The zero-order chi connectivity index (χ0) is 13.0. The van der Waals surface area contributed by atoms with Gasteiger partial charge in [-0.3, -0.25) is 19.7 Å². The fraction of sp³-hybridized carbons (Fsp3) is 0.800. The Hall–Kier alpha value is -1.66. The van der Waals surface area contributed by atoms with Crippen LogP contribution in [0.4, 0.5) is 0 Å². The lowest BCUT2D eigenvalue weighted by Gasteiger charge is -2.12. The minimum Gasteiger partial charge on any atom is -0.452 e. The molecule has 96 valence electrons. The van der Waals surface area contributed by atoms with E-state index in [1.165, 1.54) is 6.92 Å². The van der Waals surface area contributed by atoms with Crippen molar-refractivity contribution in [3.8, 4) is 0 Å². The molecule has 1 N–H and O–H groups in total. The van der Waals surface area contributed by atoms with E-state index in [9.17, 15) is 19.7 Å². The summed E-state index contributed by atoms with van der Waals surface area (Å²) in [4.78, 5) is 32.6. The van der Waals surface area contributed by atoms with E-state index in [0.717, 1.165) is 6.42 Å². The standard InChI is InChI=1S/C10H16N2O5/c1-3-4-11-9(13)6(2)17-10(14)7-5-8(7)12(15)16/h6-8H,3-5H2,1-2H3,(H,11,13). The van der Waals surface area contributed by atoms with Gasteiger partial charge in [-0.15, -0.1) is 0 Å². The molecule has 7 nitrogen and oxygen atoms in total. The molecule has 7 heteroatoms. The van der Waals surface area contributed by atoms with Crippen LogP contribution in [0, 0.1) is 16.0 Å². The Bertz CT molecular complexity index is 331. The van der Waals surface area contributed by atoms with E-state index in [-0.39, 0.29) is 12.3 Å². The van der Waals surface area contributed by atoms with Crippen LogP contribution in [0.1, 0.15) is 26.7 Å². The molecule has 0 aromatic rings. The lowest BCUT2D eigenvalue weighted by atomic mass is 10.3. The monoisotopic (exact) mass is 244 g/mol. The summed E-state index contributed by atoms with van der Waals surface area (Å²) in [6.07, 6.45) is 0.0927. The van der Waals surface area contributed by atoms with Gasteiger partial charge in [0.15, 0.2) is 6.10 Å². The molecule has 1 aliphatic carbocycles. The zero-order valence-electron chi connectivity index (χ0n) is 9.84. The van der Waals surface area contributed by atoms with Gasteiger partial charge in [-0.2, -0.15) is 0 Å². The molecule has 0 radical (unpaired) electrons. The van der Waals surface area contributed by atoms with E-state index in [2.05, 4.69) is 5.32 Å². The molecule has 3 unspecified atom stereocenters. The van der Waals surface area contributed by atoms with Gasteiger partial charge in [0.1, 0.15) is 5.92 Å². The molecule has 1 amide bonds. The second kappa shape index (κ2) is 5.60. The highest BCUT2D eigenvalue weighted by atomic mass is 16.6. The number of ether oxygens (including phenoxy) is 1. The third-order valence-corrected chi connectivity index (χ3v) is 2.54. The van der Waals surface area contributed by atoms with Gasteiger partial charge in [-0.05, 0) is 13.3 Å². The normalized spacial score (nSPS) is 23.6. The van der Waals surface area contributed by atoms with E-state index in [1.54, 1.807) is 0 Å². The number of rotatable bonds is 6. The maximum Gasteiger partial charge on any atom is 0.316 e. The summed E-state index contributed by atoms with van der Waals surface area (Å²) >= 11 is 0. The lowest BCUT2D eigenvalue weighted by Crippen LogP contribution is -2.36. The largest absolute Gasteiger partial charge is 0.452 e. The van der Waals surface area contributed by atoms with Crippen molar-refractivity contribution in [2.45, 2.75) is 38.8 Å². The Morgan fingerprint density at radius 1 is 1.59 bits per heavy atom. The average Bonchev–Trinajstić information content (AvgIpc) is 3.05. The molecule has 17 heavy (non-hydrogen) atoms. The van der Waals surface area contributed by atoms with Gasteiger partial charge in [0.25, 0.3) is 5.91 Å². The Kier molecular flexibility index (Phi) is 4.42. The number of nitrogens with zero attached hydrogens (tertiary/aromatic N) is 1. The number of hydrogen-bond acceptors (Lipinski definition) is 5. The predicted octanol–water partition coefficient (Wildman–Crippen LogP) is 0.109. The van der Waals surface area contributed by atoms with E-state index in [0.29, 0.717) is 6.54 Å². The van der Waals surface area contributed by atoms with Crippen molar-refractivity contribution in [1.29, 1.82) is 0 Å². The van der Waals surface area contributed by atoms with Crippen LogP contribution in [0.5, 0.6) is 0 Å². The van der Waals surface area contributed by atoms with Crippen LogP contribution in [0.25, 0.3) is 0 Å². The van der Waals surface area contributed by atoms with Crippen molar-refractivity contribution in [1.82, 2.24) is 5.32 Å². The van der Waals surface area contributed by atoms with Gasteiger partial charge in [-0.1, -0.05) is 6.92 Å². The summed E-state index contributed by atoms with van der Waals surface area (Å²) in [7, 11) is 0. The Morgan fingerprint density at radius 3 is 2.71 bits per heavy atom. The number of nitro groups is 1. The number of esters is 1. The quantitative estimate of drug-likeness (QED) is 0.406. The smallest absolute Gasteiger partial charge is 0.316 e. The SMILES string of the molecule is CCCNC(=O)C(C)OC(=O)C1CC1[N+](=O)[O-]. The molecule has 0 aromatic heterocycles. The number of amides is 1. The van der Waals surface area contributed by atoms with Crippen LogP contribution in [-0.4, -0.2) is 35.5 Å². The third-order valence-electron chi connectivity index (χ3n) is 2.54. The van der Waals surface area contributed by atoms with Crippen molar-refractivity contribution in [3.63, 3.8) is 0 Å². The summed E-state index contributed by atoms with van der Waals surface area (Å²) in [6.45, 7) is 3.87. The first-order valence-corrected chi connectivity index (χ1v) is 5.59. The number of carbonyl (C=O) groups excluding carboxylic acids is 2. The van der Waals surface area contributed by atoms with Crippen LogP contribution in [0.2, 0.25) is 0 Å². The molecular weight excluding hydrogens is 228 g/mol. The fourth-order valence-corrected chi connectivity index (χ4v) is 1.37. The van der Waals surface area contributed by atoms with E-state index >= 15 is 0 Å². The van der Waals surface area contributed by atoms with Crippen LogP contribution in [0.15, 0.2) is 0 Å². The molecule has 0 bridgehead atoms. The molecule has 0 saturated heterocycles. The van der Waals surface area contributed by atoms with Crippen molar-refractivity contribution < 1.29 is 19.2 Å². The first kappa shape index (κ1) is 13.4. The maximum atomic E-state index is 11.4. The highest BCUT2D eigenvalue weighted by Crippen LogP contribution is 2.34. The lowest BCUT2D eigenvalue weighted by molar-refractivity contribution is -0.497. The van der Waals surface area contributed by atoms with E-state index in [1.807, 2.05) is 6.92 Å². The predicted molar refractivity (Wildman–Crippen MR) is 57.7 cm³/mol. The molecule has 1 saturated carbocycles. The van der Waals surface area contributed by atoms with Gasteiger partial charge in [0, 0.05) is 17.9 Å². The summed E-state index contributed by atoms with van der Waals surface area (Å²) in [5, 5.41) is 12.9. The summed E-state index contributed by atoms with van der Waals surface area (Å²) in [5.41, 5.74) is 0. The Labute approximate surface area is 98.7 Å². The van der Waals surface area contributed by atoms with Crippen molar-refractivity contribution in [2.75, 3.05) is 6.54 Å². The van der Waals surface area contributed by atoms with Gasteiger partial charge in [0.2, 0.25) is 6.04 Å². The molecule has 0 aliphatic heterocycles. The molecule has 1 fully saturated rings. The van der Waals surface area contributed by atoms with Gasteiger partial charge >= 0.3 is 5.97 Å². The Balaban J connectivity index is 2.32. The Morgan fingerprint density at radius 2 is 2.24 bits per heavy atom. The summed E-state index contributed by atoms with van der Waals surface area (Å²) < 4.78 is 4.86. The second-order valence-electron chi connectivity index (χ2n) is 4.07. The van der Waals surface area contributed by atoms with E-state index in [4.69, 9.17) is 4.74 Å². The van der Waals surface area contributed by atoms with Crippen molar-refractivity contribution >= 4 is 11.9 Å². The highest BCUT2D eigenvalue weighted by molar-refractivity contribution is 5.84. The minimum absolute atomic E-state index is 0.204. The van der Waals surface area contributed by atoms with Gasteiger partial charge < -0.3 is 10.1 Å². The molecule has 1 aliphatic rings. The number of carbonyl (C=O) groups is 2. The van der Waals surface area contributed by atoms with Crippen LogP contribution >= 0.6 is 0 Å². The second-order valence-corrected chi connectivity index (χ2v) is 4.07. The summed E-state index contributed by atoms with van der Waals surface area (Å²) in [6, 6.07) is -0.839. The van der Waals surface area contributed by atoms with Crippen LogP contribution < -0.4 is 5.32 Å². The molecular formula is C10H16N2O5. The van der Waals surface area contributed by atoms with Gasteiger partial charge in [-0.25, -0.2) is 0 Å². The average molecular weight is 244 g/mol.